The Morgan fingerprint density at radius 3 is 2.44 bits per heavy atom. The number of anilines is 1. The van der Waals surface area contributed by atoms with Crippen molar-refractivity contribution in [2.24, 2.45) is 5.41 Å². The van der Waals surface area contributed by atoms with E-state index in [1.54, 1.807) is 12.1 Å². The van der Waals surface area contributed by atoms with Gasteiger partial charge in [-0.3, -0.25) is 4.90 Å². The second-order valence-electron chi connectivity index (χ2n) is 14.8. The number of benzene rings is 3. The molecule has 7 nitrogen and oxygen atoms in total. The number of phenolic OH excluding ortho intramolecular Hbond substituents is 1. The number of rotatable bonds is 7. The third-order valence-corrected chi connectivity index (χ3v) is 11.6. The van der Waals surface area contributed by atoms with E-state index >= 15 is 4.39 Å². The van der Waals surface area contributed by atoms with E-state index in [4.69, 9.17) is 16.1 Å². The number of halogens is 3. The van der Waals surface area contributed by atoms with Crippen molar-refractivity contribution in [2.75, 3.05) is 31.1 Å². The molecule has 5 fully saturated rings. The molecule has 0 amide bonds. The summed E-state index contributed by atoms with van der Waals surface area (Å²) in [4.78, 5) is 14.3. The number of alkyl halides is 1. The highest BCUT2D eigenvalue weighted by Crippen LogP contribution is 2.50. The first-order valence-corrected chi connectivity index (χ1v) is 17.2. The van der Waals surface area contributed by atoms with Gasteiger partial charge in [0.05, 0.1) is 12.2 Å². The molecule has 248 valence electrons. The summed E-state index contributed by atoms with van der Waals surface area (Å²) in [6.45, 7) is 2.76. The highest BCUT2D eigenvalue weighted by molar-refractivity contribution is 6.04. The summed E-state index contributed by atoms with van der Waals surface area (Å²) in [5, 5.41) is 15.7. The van der Waals surface area contributed by atoms with E-state index in [1.807, 2.05) is 0 Å². The van der Waals surface area contributed by atoms with Crippen LogP contribution in [0.5, 0.6) is 11.8 Å². The maximum absolute atomic E-state index is 16.9. The molecular weight excluding hydrogens is 615 g/mol. The molecule has 4 saturated heterocycles. The summed E-state index contributed by atoms with van der Waals surface area (Å²) in [7, 11) is 0. The van der Waals surface area contributed by atoms with Crippen LogP contribution in [0.25, 0.3) is 32.8 Å². The van der Waals surface area contributed by atoms with Crippen molar-refractivity contribution in [3.8, 4) is 35.2 Å². The number of phenols is 1. The Kier molecular flexibility index (Phi) is 7.03. The lowest BCUT2D eigenvalue weighted by atomic mass is 9.93. The molecule has 1 aromatic heterocycles. The van der Waals surface area contributed by atoms with Gasteiger partial charge in [0.1, 0.15) is 29.1 Å². The van der Waals surface area contributed by atoms with Gasteiger partial charge in [-0.1, -0.05) is 18.1 Å². The van der Waals surface area contributed by atoms with E-state index in [2.05, 4.69) is 26.0 Å². The number of piperidine rings is 1. The minimum absolute atomic E-state index is 0.00426. The number of terminal acetylenes is 1. The molecule has 3 aromatic carbocycles. The van der Waals surface area contributed by atoms with Crippen molar-refractivity contribution in [3.63, 3.8) is 0 Å². The average Bonchev–Trinajstić information content (AvgIpc) is 3.71. The van der Waals surface area contributed by atoms with Crippen molar-refractivity contribution >= 4 is 27.5 Å². The quantitative estimate of drug-likeness (QED) is 0.221. The number of hydrogen-bond acceptors (Lipinski definition) is 7. The van der Waals surface area contributed by atoms with Crippen LogP contribution in [-0.2, 0) is 0 Å². The molecule has 9 rings (SSSR count). The van der Waals surface area contributed by atoms with E-state index in [0.29, 0.717) is 65.6 Å². The van der Waals surface area contributed by atoms with Crippen LogP contribution in [0.1, 0.15) is 56.9 Å². The predicted molar refractivity (Wildman–Crippen MR) is 179 cm³/mol. The number of nitrogens with zero attached hydrogens (tertiary/aromatic N) is 4. The number of piperazine rings is 1. The molecule has 2 N–H and O–H groups in total. The maximum atomic E-state index is 16.9. The molecule has 5 heterocycles. The van der Waals surface area contributed by atoms with Crippen molar-refractivity contribution in [2.45, 2.75) is 81.7 Å². The lowest BCUT2D eigenvalue weighted by Gasteiger charge is -2.38. The van der Waals surface area contributed by atoms with Crippen LogP contribution >= 0.6 is 0 Å². The number of fused-ring (bicyclic) bond motifs is 6. The maximum Gasteiger partial charge on any atom is 0.319 e. The number of aromatic nitrogens is 2. The third kappa shape index (κ3) is 5.05. The summed E-state index contributed by atoms with van der Waals surface area (Å²) in [5.41, 5.74) is 0.481. The van der Waals surface area contributed by atoms with Crippen LogP contribution < -0.4 is 15.0 Å². The molecule has 0 spiro atoms. The van der Waals surface area contributed by atoms with E-state index in [-0.39, 0.29) is 39.4 Å². The van der Waals surface area contributed by atoms with Gasteiger partial charge in [0, 0.05) is 65.6 Å². The largest absolute Gasteiger partial charge is 0.508 e. The number of aromatic hydroxyl groups is 1. The average molecular weight is 654 g/mol. The normalized spacial score (nSPS) is 27.5. The second kappa shape index (κ2) is 11.2. The standard InChI is InChI=1S/C38H38F3N5O2/c1-2-28-32(40)10-3-21-13-27(47)16-31(33(21)28)29-8-9-30-35(34(29)41)43-37(44-36(30)45-17-23-4-5-24(18-45)42-23)48-20-38(11-12-38)19-46-25-6-7-26(46)15-22(39)14-25/h1,3,8-10,13,16,22-26,42,47H,4-7,11-12,14-15,17-20H2. The van der Waals surface area contributed by atoms with Gasteiger partial charge in [-0.25, -0.2) is 13.2 Å². The van der Waals surface area contributed by atoms with Gasteiger partial charge in [-0.15, -0.1) is 6.42 Å². The van der Waals surface area contributed by atoms with Crippen molar-refractivity contribution in [1.29, 1.82) is 0 Å². The fraction of sp³-hybridized carbons (Fsp3) is 0.474. The van der Waals surface area contributed by atoms with Gasteiger partial charge >= 0.3 is 6.01 Å². The summed E-state index contributed by atoms with van der Waals surface area (Å²) in [6, 6.07) is 10.5. The minimum atomic E-state index is -0.704. The Hall–Kier alpha value is -4.07. The zero-order chi connectivity index (χ0) is 32.7. The molecule has 1 aliphatic carbocycles. The first-order valence-electron chi connectivity index (χ1n) is 17.2. The second-order valence-corrected chi connectivity index (χ2v) is 14.8. The van der Waals surface area contributed by atoms with Crippen LogP contribution in [0.4, 0.5) is 19.0 Å². The predicted octanol–water partition coefficient (Wildman–Crippen LogP) is 6.48. The number of hydrogen-bond donors (Lipinski definition) is 2. The summed E-state index contributed by atoms with van der Waals surface area (Å²) in [5.74, 6) is 1.74. The molecule has 10 heteroatoms. The van der Waals surface area contributed by atoms with E-state index < -0.39 is 17.8 Å². The lowest BCUT2D eigenvalue weighted by Crippen LogP contribution is -2.51. The SMILES string of the molecule is C#Cc1c(F)ccc2cc(O)cc(-c3ccc4c(N5CC6CCC(C5)N6)nc(OCC5(CN6C7CCC6CC(F)C7)CC5)nc4c3F)c12. The molecule has 4 aliphatic heterocycles. The Balaban J connectivity index is 1.11. The van der Waals surface area contributed by atoms with Gasteiger partial charge in [-0.2, -0.15) is 9.97 Å². The minimum Gasteiger partial charge on any atom is -0.508 e. The molecule has 48 heavy (non-hydrogen) atoms. The smallest absolute Gasteiger partial charge is 0.319 e. The zero-order valence-electron chi connectivity index (χ0n) is 26.7. The fourth-order valence-electron chi connectivity index (χ4n) is 8.98. The van der Waals surface area contributed by atoms with E-state index in [0.717, 1.165) is 58.2 Å². The summed E-state index contributed by atoms with van der Waals surface area (Å²) >= 11 is 0. The van der Waals surface area contributed by atoms with Crippen molar-refractivity contribution in [1.82, 2.24) is 20.2 Å². The molecule has 5 aliphatic rings. The van der Waals surface area contributed by atoms with Crippen molar-refractivity contribution < 1.29 is 23.0 Å². The number of ether oxygens (including phenoxy) is 1. The highest BCUT2D eigenvalue weighted by Gasteiger charge is 2.50. The third-order valence-electron chi connectivity index (χ3n) is 11.6. The Labute approximate surface area is 277 Å². The monoisotopic (exact) mass is 653 g/mol. The first-order chi connectivity index (χ1) is 23.3. The first kappa shape index (κ1) is 30.0. The van der Waals surface area contributed by atoms with Gasteiger partial charge < -0.3 is 20.1 Å². The topological polar surface area (TPSA) is 73.8 Å². The van der Waals surface area contributed by atoms with Crippen molar-refractivity contribution in [3.05, 3.63) is 53.6 Å². The zero-order valence-corrected chi connectivity index (χ0v) is 26.7. The molecule has 0 radical (unpaired) electrons. The van der Waals surface area contributed by atoms with Crippen LogP contribution in [0.2, 0.25) is 0 Å². The molecule has 1 saturated carbocycles. The molecule has 4 atom stereocenters. The summed E-state index contributed by atoms with van der Waals surface area (Å²) < 4.78 is 52.5. The summed E-state index contributed by atoms with van der Waals surface area (Å²) in [6.07, 6.45) is 12.5. The van der Waals surface area contributed by atoms with Gasteiger partial charge in [0.25, 0.3) is 0 Å². The Morgan fingerprint density at radius 1 is 0.979 bits per heavy atom. The van der Waals surface area contributed by atoms with Crippen LogP contribution in [0.3, 0.4) is 0 Å². The van der Waals surface area contributed by atoms with E-state index in [1.165, 1.54) is 24.3 Å². The van der Waals surface area contributed by atoms with Crippen LogP contribution in [-0.4, -0.2) is 76.6 Å². The molecule has 4 bridgehead atoms. The van der Waals surface area contributed by atoms with E-state index in [9.17, 15) is 13.9 Å². The molecule has 4 unspecified atom stereocenters. The Morgan fingerprint density at radius 2 is 1.73 bits per heavy atom. The van der Waals surface area contributed by atoms with Crippen LogP contribution in [0, 0.1) is 29.4 Å². The lowest BCUT2D eigenvalue weighted by molar-refractivity contribution is 0.0527. The van der Waals surface area contributed by atoms with Gasteiger partial charge in [0.2, 0.25) is 0 Å². The number of nitrogens with one attached hydrogen (secondary N) is 1. The van der Waals surface area contributed by atoms with Crippen LogP contribution in [0.15, 0.2) is 36.4 Å². The molecular formula is C38H38F3N5O2. The highest BCUT2D eigenvalue weighted by atomic mass is 19.1. The molecule has 4 aromatic rings. The van der Waals surface area contributed by atoms with Gasteiger partial charge in [-0.05, 0) is 86.6 Å². The Bertz CT molecular complexity index is 1970. The van der Waals surface area contributed by atoms with Gasteiger partial charge in [0.15, 0.2) is 5.82 Å². The fourth-order valence-corrected chi connectivity index (χ4v) is 8.98.